The summed E-state index contributed by atoms with van der Waals surface area (Å²) in [5.74, 6) is 1.94. The summed E-state index contributed by atoms with van der Waals surface area (Å²) in [6.45, 7) is 2.29. The first-order valence-electron chi connectivity index (χ1n) is 14.3. The largest absolute Gasteiger partial charge is 0.496 e. The first kappa shape index (κ1) is 30.2. The molecule has 2 nitrogen and oxygen atoms in total. The Balaban J connectivity index is 1.48. The molecule has 0 aliphatic rings. The maximum Gasteiger partial charge on any atom is 0.185 e. The van der Waals surface area contributed by atoms with Crippen molar-refractivity contribution in [2.45, 2.75) is 108 Å². The zero-order chi connectivity index (χ0) is 25.7. The zero-order valence-corrected chi connectivity index (χ0v) is 23.6. The molecule has 0 unspecified atom stereocenters. The van der Waals surface area contributed by atoms with Gasteiger partial charge in [0.25, 0.3) is 0 Å². The molecular weight excluding hydrogens is 460 g/mol. The van der Waals surface area contributed by atoms with Crippen LogP contribution in [0, 0.1) is 0 Å². The molecule has 2 aromatic carbocycles. The molecule has 0 bridgehead atoms. The van der Waals surface area contributed by atoms with Gasteiger partial charge in [0.1, 0.15) is 5.75 Å². The van der Waals surface area contributed by atoms with Crippen LogP contribution in [0.25, 0.3) is 6.08 Å². The molecule has 36 heavy (non-hydrogen) atoms. The lowest BCUT2D eigenvalue weighted by atomic mass is 10.0. The molecule has 0 amide bonds. The Labute approximate surface area is 225 Å². The average Bonchev–Trinajstić information content (AvgIpc) is 2.92. The highest BCUT2D eigenvalue weighted by atomic mass is 32.2. The molecule has 0 radical (unpaired) electrons. The van der Waals surface area contributed by atoms with Crippen LogP contribution in [0.2, 0.25) is 0 Å². The first-order valence-corrected chi connectivity index (χ1v) is 15.3. The SMILES string of the molecule is CCCCCCCCCCCCCCCCCSc1ccc(C(=O)C=Cc2ccccc2OC)cc1. The van der Waals surface area contributed by atoms with Gasteiger partial charge in [-0.15, -0.1) is 11.8 Å². The number of methoxy groups -OCH3 is 1. The van der Waals surface area contributed by atoms with Gasteiger partial charge in [0.2, 0.25) is 0 Å². The van der Waals surface area contributed by atoms with Gasteiger partial charge in [-0.2, -0.15) is 0 Å². The van der Waals surface area contributed by atoms with E-state index in [2.05, 4.69) is 19.1 Å². The molecule has 0 spiro atoms. The average molecular weight is 509 g/mol. The number of carbonyl (C=O) groups is 1. The summed E-state index contributed by atoms with van der Waals surface area (Å²) in [6.07, 6.45) is 24.5. The van der Waals surface area contributed by atoms with E-state index in [9.17, 15) is 4.79 Å². The van der Waals surface area contributed by atoms with E-state index in [1.165, 1.54) is 101 Å². The lowest BCUT2D eigenvalue weighted by molar-refractivity contribution is 0.104. The minimum atomic E-state index is 0.0138. The molecule has 2 rings (SSSR count). The van der Waals surface area contributed by atoms with Gasteiger partial charge in [0, 0.05) is 16.0 Å². The quantitative estimate of drug-likeness (QED) is 0.0726. The normalized spacial score (nSPS) is 11.3. The molecule has 3 heteroatoms. The Morgan fingerprint density at radius 3 is 1.81 bits per heavy atom. The van der Waals surface area contributed by atoms with Crippen molar-refractivity contribution in [3.05, 3.63) is 65.7 Å². The van der Waals surface area contributed by atoms with Crippen LogP contribution in [0.1, 0.15) is 119 Å². The van der Waals surface area contributed by atoms with Crippen molar-refractivity contribution < 1.29 is 9.53 Å². The number of allylic oxidation sites excluding steroid dienone is 1. The first-order chi connectivity index (χ1) is 17.7. The summed E-state index contributed by atoms with van der Waals surface area (Å²) in [5.41, 5.74) is 1.63. The zero-order valence-electron chi connectivity index (χ0n) is 22.8. The fraction of sp³-hybridized carbons (Fsp3) is 0.545. The number of ketones is 1. The Kier molecular flexibility index (Phi) is 16.9. The Bertz CT molecular complexity index is 856. The molecule has 0 saturated heterocycles. The van der Waals surface area contributed by atoms with Crippen molar-refractivity contribution >= 4 is 23.6 Å². The topological polar surface area (TPSA) is 26.3 Å². The van der Waals surface area contributed by atoms with Crippen molar-refractivity contribution in [2.24, 2.45) is 0 Å². The minimum Gasteiger partial charge on any atom is -0.496 e. The van der Waals surface area contributed by atoms with Crippen LogP contribution >= 0.6 is 11.8 Å². The summed E-state index contributed by atoms with van der Waals surface area (Å²) in [7, 11) is 1.64. The van der Waals surface area contributed by atoms with Gasteiger partial charge in [-0.1, -0.05) is 115 Å². The van der Waals surface area contributed by atoms with Crippen LogP contribution in [0.3, 0.4) is 0 Å². The maximum absolute atomic E-state index is 12.5. The van der Waals surface area contributed by atoms with Gasteiger partial charge in [-0.05, 0) is 54.7 Å². The van der Waals surface area contributed by atoms with Gasteiger partial charge >= 0.3 is 0 Å². The molecule has 0 aliphatic heterocycles. The van der Waals surface area contributed by atoms with Crippen molar-refractivity contribution in [3.63, 3.8) is 0 Å². The molecule has 0 N–H and O–H groups in total. The van der Waals surface area contributed by atoms with E-state index >= 15 is 0 Å². The molecule has 0 aliphatic carbocycles. The highest BCUT2D eigenvalue weighted by Crippen LogP contribution is 2.22. The predicted octanol–water partition coefficient (Wildman–Crippen LogP) is 10.6. The van der Waals surface area contributed by atoms with Crippen molar-refractivity contribution in [1.82, 2.24) is 0 Å². The van der Waals surface area contributed by atoms with Crippen LogP contribution < -0.4 is 4.74 Å². The van der Waals surface area contributed by atoms with E-state index in [0.717, 1.165) is 22.6 Å². The number of thioether (sulfide) groups is 1. The third-order valence-electron chi connectivity index (χ3n) is 6.71. The Morgan fingerprint density at radius 1 is 0.722 bits per heavy atom. The summed E-state index contributed by atoms with van der Waals surface area (Å²) >= 11 is 1.90. The molecule has 0 aromatic heterocycles. The van der Waals surface area contributed by atoms with Crippen molar-refractivity contribution in [3.8, 4) is 5.75 Å². The summed E-state index contributed by atoms with van der Waals surface area (Å²) < 4.78 is 5.34. The molecule has 0 heterocycles. The van der Waals surface area contributed by atoms with E-state index in [0.29, 0.717) is 0 Å². The monoisotopic (exact) mass is 508 g/mol. The molecule has 0 fully saturated rings. The highest BCUT2D eigenvalue weighted by molar-refractivity contribution is 7.99. The third kappa shape index (κ3) is 13.3. The van der Waals surface area contributed by atoms with E-state index in [-0.39, 0.29) is 5.78 Å². The van der Waals surface area contributed by atoms with Gasteiger partial charge < -0.3 is 4.74 Å². The minimum absolute atomic E-state index is 0.0138. The van der Waals surface area contributed by atoms with Crippen molar-refractivity contribution in [2.75, 3.05) is 12.9 Å². The molecule has 0 atom stereocenters. The van der Waals surface area contributed by atoms with Crippen LogP contribution in [0.15, 0.2) is 59.5 Å². The second-order valence-electron chi connectivity index (χ2n) is 9.76. The van der Waals surface area contributed by atoms with Gasteiger partial charge in [0.15, 0.2) is 5.78 Å². The smallest absolute Gasteiger partial charge is 0.185 e. The second-order valence-corrected chi connectivity index (χ2v) is 10.9. The number of hydrogen-bond acceptors (Lipinski definition) is 3. The lowest BCUT2D eigenvalue weighted by Crippen LogP contribution is -1.94. The van der Waals surface area contributed by atoms with Crippen LogP contribution in [0.5, 0.6) is 5.75 Å². The van der Waals surface area contributed by atoms with E-state index in [1.54, 1.807) is 13.2 Å². The fourth-order valence-electron chi connectivity index (χ4n) is 4.44. The van der Waals surface area contributed by atoms with E-state index in [4.69, 9.17) is 4.74 Å². The Hall–Kier alpha value is -2.00. The summed E-state index contributed by atoms with van der Waals surface area (Å²) in [6, 6.07) is 15.7. The Morgan fingerprint density at radius 2 is 1.25 bits per heavy atom. The number of rotatable bonds is 21. The van der Waals surface area contributed by atoms with Crippen LogP contribution in [-0.4, -0.2) is 18.6 Å². The number of benzene rings is 2. The van der Waals surface area contributed by atoms with Gasteiger partial charge in [0.05, 0.1) is 7.11 Å². The predicted molar refractivity (Wildman–Crippen MR) is 158 cm³/mol. The van der Waals surface area contributed by atoms with E-state index < -0.39 is 0 Å². The number of unbranched alkanes of at least 4 members (excludes halogenated alkanes) is 14. The number of carbonyl (C=O) groups excluding carboxylic acids is 1. The maximum atomic E-state index is 12.5. The van der Waals surface area contributed by atoms with Gasteiger partial charge in [-0.3, -0.25) is 4.79 Å². The summed E-state index contributed by atoms with van der Waals surface area (Å²) in [5, 5.41) is 0. The number of ether oxygens (including phenoxy) is 1. The standard InChI is InChI=1S/C33H48O2S/c1-3-4-5-6-7-8-9-10-11-12-13-14-15-16-19-28-36-31-25-22-29(23-26-31)32(34)27-24-30-20-17-18-21-33(30)35-2/h17-18,20-27H,3-16,19,28H2,1-2H3. The van der Waals surface area contributed by atoms with Crippen molar-refractivity contribution in [1.29, 1.82) is 0 Å². The van der Waals surface area contributed by atoms with Crippen LogP contribution in [-0.2, 0) is 0 Å². The molecule has 2 aromatic rings. The highest BCUT2D eigenvalue weighted by Gasteiger charge is 2.04. The van der Waals surface area contributed by atoms with Gasteiger partial charge in [-0.25, -0.2) is 0 Å². The molecule has 0 saturated carbocycles. The number of hydrogen-bond donors (Lipinski definition) is 0. The second kappa shape index (κ2) is 20.1. The third-order valence-corrected chi connectivity index (χ3v) is 7.81. The van der Waals surface area contributed by atoms with Crippen LogP contribution in [0.4, 0.5) is 0 Å². The number of para-hydroxylation sites is 1. The summed E-state index contributed by atoms with van der Waals surface area (Å²) in [4.78, 5) is 13.8. The molecule has 198 valence electrons. The molecular formula is C33H48O2S. The fourth-order valence-corrected chi connectivity index (χ4v) is 5.36. The van der Waals surface area contributed by atoms with E-state index in [1.807, 2.05) is 54.2 Å². The lowest BCUT2D eigenvalue weighted by Gasteiger charge is -2.05.